The van der Waals surface area contributed by atoms with Crippen LogP contribution in [0.25, 0.3) is 0 Å². The predicted octanol–water partition coefficient (Wildman–Crippen LogP) is 1.97. The highest BCUT2D eigenvalue weighted by Crippen LogP contribution is 2.21. The van der Waals surface area contributed by atoms with E-state index in [2.05, 4.69) is 25.4 Å². The maximum absolute atomic E-state index is 8.38. The summed E-state index contributed by atoms with van der Waals surface area (Å²) < 4.78 is 5.49. The number of rotatable bonds is 4. The number of hydrogen-bond donors (Lipinski definition) is 2. The van der Waals surface area contributed by atoms with Crippen LogP contribution < -0.4 is 10.2 Å². The molecular weight excluding hydrogens is 178 g/mol. The molecule has 1 rings (SSSR count). The van der Waals surface area contributed by atoms with Gasteiger partial charge in [0.25, 0.3) is 0 Å². The molecule has 1 aromatic carbocycles. The molecule has 0 spiro atoms. The fourth-order valence-corrected chi connectivity index (χ4v) is 1.30. The minimum atomic E-state index is 0.437. The second kappa shape index (κ2) is 4.98. The lowest BCUT2D eigenvalue weighted by Crippen LogP contribution is -2.17. The van der Waals surface area contributed by atoms with E-state index < -0.39 is 0 Å². The summed E-state index contributed by atoms with van der Waals surface area (Å²) in [6.45, 7) is 7.08. The monoisotopic (exact) mass is 195 g/mol. The van der Waals surface area contributed by atoms with Crippen LogP contribution in [0.1, 0.15) is 16.7 Å². The normalized spacial score (nSPS) is 10.3. The standard InChI is InChI=1S/C11H17NO2/c1-8-6-10(3)11(7-9(8)2)14-5-4-12-13/h6-7,12-13H,4-5H2,1-3H3. The molecule has 1 aromatic rings. The molecule has 78 valence electrons. The summed E-state index contributed by atoms with van der Waals surface area (Å²) in [6.07, 6.45) is 0. The third kappa shape index (κ3) is 2.72. The molecular formula is C11H17NO2. The number of hydroxylamine groups is 1. The van der Waals surface area contributed by atoms with Gasteiger partial charge in [0.2, 0.25) is 0 Å². The first kappa shape index (κ1) is 11.0. The minimum Gasteiger partial charge on any atom is -0.492 e. The van der Waals surface area contributed by atoms with Gasteiger partial charge in [-0.3, -0.25) is 0 Å². The van der Waals surface area contributed by atoms with Crippen molar-refractivity contribution in [1.29, 1.82) is 0 Å². The number of ether oxygens (including phenoxy) is 1. The average Bonchev–Trinajstić information content (AvgIpc) is 2.14. The van der Waals surface area contributed by atoms with Crippen molar-refractivity contribution in [2.24, 2.45) is 0 Å². The summed E-state index contributed by atoms with van der Waals surface area (Å²) in [5.41, 5.74) is 5.69. The van der Waals surface area contributed by atoms with E-state index in [9.17, 15) is 0 Å². The van der Waals surface area contributed by atoms with Gasteiger partial charge >= 0.3 is 0 Å². The molecule has 0 aliphatic carbocycles. The molecule has 0 unspecified atom stereocenters. The van der Waals surface area contributed by atoms with Gasteiger partial charge in [0.05, 0.1) is 6.54 Å². The summed E-state index contributed by atoms with van der Waals surface area (Å²) in [7, 11) is 0. The molecule has 0 aliphatic rings. The highest BCUT2D eigenvalue weighted by molar-refractivity contribution is 5.40. The van der Waals surface area contributed by atoms with Gasteiger partial charge in [-0.15, -0.1) is 0 Å². The zero-order valence-electron chi connectivity index (χ0n) is 8.92. The fraction of sp³-hybridized carbons (Fsp3) is 0.455. The fourth-order valence-electron chi connectivity index (χ4n) is 1.30. The topological polar surface area (TPSA) is 41.5 Å². The molecule has 0 radical (unpaired) electrons. The molecule has 0 atom stereocenters. The molecule has 3 nitrogen and oxygen atoms in total. The van der Waals surface area contributed by atoms with Gasteiger partial charge in [-0.1, -0.05) is 6.07 Å². The summed E-state index contributed by atoms with van der Waals surface area (Å²) in [4.78, 5) is 0. The zero-order chi connectivity index (χ0) is 10.6. The molecule has 0 bridgehead atoms. The molecule has 2 N–H and O–H groups in total. The Kier molecular flexibility index (Phi) is 3.92. The van der Waals surface area contributed by atoms with Gasteiger partial charge in [-0.2, -0.15) is 0 Å². The Morgan fingerprint density at radius 2 is 1.79 bits per heavy atom. The molecule has 0 heterocycles. The smallest absolute Gasteiger partial charge is 0.122 e. The second-order valence-electron chi connectivity index (χ2n) is 3.46. The first-order chi connectivity index (χ1) is 6.65. The number of hydrogen-bond acceptors (Lipinski definition) is 3. The van der Waals surface area contributed by atoms with Crippen LogP contribution in [0.5, 0.6) is 5.75 Å². The first-order valence-corrected chi connectivity index (χ1v) is 4.72. The van der Waals surface area contributed by atoms with Crippen molar-refractivity contribution < 1.29 is 9.94 Å². The van der Waals surface area contributed by atoms with Crippen molar-refractivity contribution in [2.45, 2.75) is 20.8 Å². The Morgan fingerprint density at radius 3 is 2.43 bits per heavy atom. The van der Waals surface area contributed by atoms with Crippen LogP contribution in [0.4, 0.5) is 0 Å². The highest BCUT2D eigenvalue weighted by atomic mass is 16.5. The van der Waals surface area contributed by atoms with E-state index in [1.54, 1.807) is 0 Å². The minimum absolute atomic E-state index is 0.437. The van der Waals surface area contributed by atoms with Crippen LogP contribution in [0.3, 0.4) is 0 Å². The van der Waals surface area contributed by atoms with Gasteiger partial charge in [0, 0.05) is 0 Å². The van der Waals surface area contributed by atoms with Crippen LogP contribution in [0, 0.1) is 20.8 Å². The Bertz CT molecular complexity index is 310. The van der Waals surface area contributed by atoms with Gasteiger partial charge in [0.1, 0.15) is 12.4 Å². The lowest BCUT2D eigenvalue weighted by Gasteiger charge is -2.11. The van der Waals surface area contributed by atoms with Gasteiger partial charge < -0.3 is 9.94 Å². The molecule has 0 aliphatic heterocycles. The van der Waals surface area contributed by atoms with Crippen LogP contribution in [-0.4, -0.2) is 18.4 Å². The quantitative estimate of drug-likeness (QED) is 0.570. The van der Waals surface area contributed by atoms with Gasteiger partial charge in [-0.25, -0.2) is 5.48 Å². The summed E-state index contributed by atoms with van der Waals surface area (Å²) in [5.74, 6) is 0.892. The molecule has 0 saturated heterocycles. The third-order valence-corrected chi connectivity index (χ3v) is 2.26. The average molecular weight is 195 g/mol. The van der Waals surface area contributed by atoms with E-state index in [1.165, 1.54) is 11.1 Å². The van der Waals surface area contributed by atoms with Gasteiger partial charge in [0.15, 0.2) is 0 Å². The maximum Gasteiger partial charge on any atom is 0.122 e. The number of nitrogens with one attached hydrogen (secondary N) is 1. The highest BCUT2D eigenvalue weighted by Gasteiger charge is 2.02. The first-order valence-electron chi connectivity index (χ1n) is 4.72. The third-order valence-electron chi connectivity index (χ3n) is 2.26. The van der Waals surface area contributed by atoms with E-state index in [1.807, 2.05) is 13.0 Å². The molecule has 0 fully saturated rings. The van der Waals surface area contributed by atoms with E-state index in [0.717, 1.165) is 11.3 Å². The Morgan fingerprint density at radius 1 is 1.14 bits per heavy atom. The second-order valence-corrected chi connectivity index (χ2v) is 3.46. The molecule has 3 heteroatoms. The van der Waals surface area contributed by atoms with Crippen molar-refractivity contribution in [1.82, 2.24) is 5.48 Å². The van der Waals surface area contributed by atoms with Crippen LogP contribution in [0.2, 0.25) is 0 Å². The largest absolute Gasteiger partial charge is 0.492 e. The van der Waals surface area contributed by atoms with Gasteiger partial charge in [-0.05, 0) is 43.5 Å². The van der Waals surface area contributed by atoms with E-state index in [4.69, 9.17) is 9.94 Å². The van der Waals surface area contributed by atoms with Crippen molar-refractivity contribution in [2.75, 3.05) is 13.2 Å². The van der Waals surface area contributed by atoms with Crippen molar-refractivity contribution in [3.63, 3.8) is 0 Å². The molecule has 0 saturated carbocycles. The maximum atomic E-state index is 8.38. The molecule has 14 heavy (non-hydrogen) atoms. The van der Waals surface area contributed by atoms with Crippen LogP contribution in [-0.2, 0) is 0 Å². The number of aryl methyl sites for hydroxylation is 3. The lowest BCUT2D eigenvalue weighted by atomic mass is 10.1. The van der Waals surface area contributed by atoms with Crippen LogP contribution in [0.15, 0.2) is 12.1 Å². The predicted molar refractivity (Wildman–Crippen MR) is 55.9 cm³/mol. The Balaban J connectivity index is 2.72. The SMILES string of the molecule is Cc1cc(C)c(OCCNO)cc1C. The molecule has 0 aromatic heterocycles. The number of benzene rings is 1. The summed E-state index contributed by atoms with van der Waals surface area (Å²) in [5, 5.41) is 8.38. The lowest BCUT2D eigenvalue weighted by molar-refractivity contribution is 0.145. The van der Waals surface area contributed by atoms with Crippen molar-refractivity contribution in [3.05, 3.63) is 28.8 Å². The summed E-state index contributed by atoms with van der Waals surface area (Å²) >= 11 is 0. The Labute approximate surface area is 84.7 Å². The summed E-state index contributed by atoms with van der Waals surface area (Å²) in [6, 6.07) is 4.14. The van der Waals surface area contributed by atoms with E-state index in [0.29, 0.717) is 13.2 Å². The molecule has 0 amide bonds. The van der Waals surface area contributed by atoms with Crippen molar-refractivity contribution >= 4 is 0 Å². The van der Waals surface area contributed by atoms with E-state index in [-0.39, 0.29) is 0 Å². The Hall–Kier alpha value is -1.06. The van der Waals surface area contributed by atoms with Crippen LogP contribution >= 0.6 is 0 Å². The van der Waals surface area contributed by atoms with E-state index >= 15 is 0 Å². The zero-order valence-corrected chi connectivity index (χ0v) is 8.92. The van der Waals surface area contributed by atoms with Crippen molar-refractivity contribution in [3.8, 4) is 5.75 Å².